The predicted molar refractivity (Wildman–Crippen MR) is 118 cm³/mol. The summed E-state index contributed by atoms with van der Waals surface area (Å²) >= 11 is 1.21. The summed E-state index contributed by atoms with van der Waals surface area (Å²) in [5.74, 6) is 1.81. The van der Waals surface area contributed by atoms with Crippen molar-refractivity contribution in [3.63, 3.8) is 0 Å². The van der Waals surface area contributed by atoms with Crippen molar-refractivity contribution in [2.24, 2.45) is 0 Å². The summed E-state index contributed by atoms with van der Waals surface area (Å²) in [5, 5.41) is 3.47. The smallest absolute Gasteiger partial charge is 0.272 e. The maximum atomic E-state index is 14.5. The van der Waals surface area contributed by atoms with Crippen molar-refractivity contribution < 1.29 is 13.9 Å². The van der Waals surface area contributed by atoms with Crippen molar-refractivity contribution >= 4 is 28.6 Å². The molecule has 1 atom stereocenters. The minimum Gasteiger partial charge on any atom is -0.470 e. The molecule has 3 rings (SSSR count). The van der Waals surface area contributed by atoms with Crippen LogP contribution in [-0.4, -0.2) is 27.6 Å². The van der Waals surface area contributed by atoms with Gasteiger partial charge in [0.1, 0.15) is 11.3 Å². The number of carbonyl (C=O) groups excluding carboxylic acids is 1. The molecule has 0 aliphatic carbocycles. The van der Waals surface area contributed by atoms with Crippen molar-refractivity contribution in [2.45, 2.75) is 31.7 Å². The van der Waals surface area contributed by atoms with Gasteiger partial charge in [0, 0.05) is 28.9 Å². The summed E-state index contributed by atoms with van der Waals surface area (Å²) in [7, 11) is 0. The molecule has 1 aromatic carbocycles. The van der Waals surface area contributed by atoms with Crippen molar-refractivity contribution in [1.82, 2.24) is 15.3 Å². The van der Waals surface area contributed by atoms with Crippen LogP contribution in [0.5, 0.6) is 5.75 Å². The second-order valence-electron chi connectivity index (χ2n) is 7.31. The molecule has 154 valence electrons. The third kappa shape index (κ3) is 4.71. The molecule has 0 aliphatic heterocycles. The van der Waals surface area contributed by atoms with Gasteiger partial charge in [0.05, 0.1) is 11.2 Å². The topological polar surface area (TPSA) is 64.1 Å². The molecule has 5 nitrogen and oxygen atoms in total. The maximum Gasteiger partial charge on any atom is 0.272 e. The summed E-state index contributed by atoms with van der Waals surface area (Å²) in [6, 6.07) is 10.1. The molecular weight excluding hydrogens is 401 g/mol. The van der Waals surface area contributed by atoms with E-state index in [-0.39, 0.29) is 17.2 Å². The molecular formula is C23H22FN3O2S. The third-order valence-electron chi connectivity index (χ3n) is 4.51. The lowest BCUT2D eigenvalue weighted by atomic mass is 9.99. The average Bonchev–Trinajstić information content (AvgIpc) is 2.71. The number of aromatic nitrogens is 2. The van der Waals surface area contributed by atoms with E-state index in [1.165, 1.54) is 24.0 Å². The fraction of sp³-hybridized carbons (Fsp3) is 0.261. The number of aryl methyl sites for hydroxylation is 1. The highest BCUT2D eigenvalue weighted by atomic mass is 32.2. The van der Waals surface area contributed by atoms with Gasteiger partial charge in [-0.05, 0) is 51.3 Å². The Labute approximate surface area is 179 Å². The Bertz CT molecular complexity index is 1140. The van der Waals surface area contributed by atoms with Crippen LogP contribution in [-0.2, 0) is 10.3 Å². The predicted octanol–water partition coefficient (Wildman–Crippen LogP) is 4.18. The van der Waals surface area contributed by atoms with Crippen LogP contribution in [0.3, 0.4) is 0 Å². The molecule has 7 heteroatoms. The number of rotatable bonds is 6. The maximum absolute atomic E-state index is 14.5. The zero-order chi connectivity index (χ0) is 21.9. The van der Waals surface area contributed by atoms with Gasteiger partial charge in [0.2, 0.25) is 5.44 Å². The molecule has 0 saturated carbocycles. The molecule has 2 aromatic heterocycles. The van der Waals surface area contributed by atoms with Crippen LogP contribution in [0.25, 0.3) is 10.9 Å². The minimum absolute atomic E-state index is 0.193. The summed E-state index contributed by atoms with van der Waals surface area (Å²) in [6.07, 6.45) is 8.58. The fourth-order valence-corrected chi connectivity index (χ4v) is 3.46. The van der Waals surface area contributed by atoms with Gasteiger partial charge in [-0.3, -0.25) is 14.8 Å². The Morgan fingerprint density at radius 3 is 2.77 bits per heavy atom. The number of amides is 1. The zero-order valence-corrected chi connectivity index (χ0v) is 18.0. The normalized spacial score (nSPS) is 12.3. The van der Waals surface area contributed by atoms with E-state index in [9.17, 15) is 9.18 Å². The molecule has 0 spiro atoms. The number of pyridine rings is 2. The van der Waals surface area contributed by atoms with Crippen LogP contribution >= 0.6 is 11.8 Å². The molecule has 2 heterocycles. The second kappa shape index (κ2) is 8.72. The molecule has 3 aromatic rings. The molecule has 1 unspecified atom stereocenters. The van der Waals surface area contributed by atoms with Gasteiger partial charge < -0.3 is 10.1 Å². The number of nitrogens with one attached hydrogen (secondary N) is 1. The number of ether oxygens (including phenoxy) is 1. The number of hydrogen-bond acceptors (Lipinski definition) is 5. The van der Waals surface area contributed by atoms with Gasteiger partial charge in [0.25, 0.3) is 5.91 Å². The van der Waals surface area contributed by atoms with Crippen molar-refractivity contribution in [1.29, 1.82) is 0 Å². The highest BCUT2D eigenvalue weighted by molar-refractivity contribution is 7.99. The largest absolute Gasteiger partial charge is 0.470 e. The first-order chi connectivity index (χ1) is 14.2. The number of nitrogens with zero attached hydrogens (tertiary/aromatic N) is 2. The van der Waals surface area contributed by atoms with E-state index in [1.54, 1.807) is 18.4 Å². The van der Waals surface area contributed by atoms with Crippen molar-refractivity contribution in [3.8, 4) is 18.1 Å². The second-order valence-corrected chi connectivity index (χ2v) is 8.21. The van der Waals surface area contributed by atoms with Crippen molar-refractivity contribution in [3.05, 3.63) is 65.4 Å². The van der Waals surface area contributed by atoms with Crippen LogP contribution in [0.2, 0.25) is 0 Å². The van der Waals surface area contributed by atoms with Crippen LogP contribution in [0.4, 0.5) is 4.39 Å². The number of fused-ring (bicyclic) bond motifs is 1. The number of hydrogen-bond donors (Lipinski definition) is 1. The Hall–Kier alpha value is -3.11. The lowest BCUT2D eigenvalue weighted by Gasteiger charge is -2.28. The number of terminal acetylenes is 1. The van der Waals surface area contributed by atoms with Crippen LogP contribution in [0, 0.1) is 25.1 Å². The SMILES string of the molecule is C#Cc1cnc2c(F)cc(OC(SC)C(=O)NC(C)(C)c3cccc(C)n3)cc2c1. The van der Waals surface area contributed by atoms with E-state index in [2.05, 4.69) is 21.2 Å². The molecule has 1 N–H and O–H groups in total. The molecule has 0 radical (unpaired) electrons. The van der Waals surface area contributed by atoms with Gasteiger partial charge in [-0.2, -0.15) is 0 Å². The first-order valence-corrected chi connectivity index (χ1v) is 10.5. The quantitative estimate of drug-likeness (QED) is 0.476. The van der Waals surface area contributed by atoms with Crippen LogP contribution < -0.4 is 10.1 Å². The molecule has 0 bridgehead atoms. The highest BCUT2D eigenvalue weighted by Gasteiger charge is 2.29. The highest BCUT2D eigenvalue weighted by Crippen LogP contribution is 2.27. The lowest BCUT2D eigenvalue weighted by Crippen LogP contribution is -2.47. The van der Waals surface area contributed by atoms with Gasteiger partial charge in [0.15, 0.2) is 5.82 Å². The van der Waals surface area contributed by atoms with E-state index < -0.39 is 16.8 Å². The number of halogens is 1. The lowest BCUT2D eigenvalue weighted by molar-refractivity contribution is -0.126. The first-order valence-electron chi connectivity index (χ1n) is 9.25. The Morgan fingerprint density at radius 2 is 2.10 bits per heavy atom. The zero-order valence-electron chi connectivity index (χ0n) is 17.2. The van der Waals surface area contributed by atoms with Gasteiger partial charge in [-0.1, -0.05) is 12.0 Å². The van der Waals surface area contributed by atoms with E-state index in [0.717, 1.165) is 11.4 Å². The van der Waals surface area contributed by atoms with Crippen LogP contribution in [0.15, 0.2) is 42.6 Å². The van der Waals surface area contributed by atoms with Gasteiger partial charge in [-0.25, -0.2) is 4.39 Å². The third-order valence-corrected chi connectivity index (χ3v) is 5.25. The Kier molecular flexibility index (Phi) is 6.28. The van der Waals surface area contributed by atoms with Crippen molar-refractivity contribution in [2.75, 3.05) is 6.26 Å². The first kappa shape index (κ1) is 21.6. The fourth-order valence-electron chi connectivity index (χ4n) is 2.98. The molecule has 30 heavy (non-hydrogen) atoms. The molecule has 1 amide bonds. The number of thioether (sulfide) groups is 1. The van der Waals surface area contributed by atoms with E-state index in [0.29, 0.717) is 10.9 Å². The van der Waals surface area contributed by atoms with E-state index in [4.69, 9.17) is 11.2 Å². The molecule has 0 saturated heterocycles. The molecule has 0 fully saturated rings. The standard InChI is InChI=1S/C23H22FN3O2S/c1-6-15-10-16-11-17(12-18(24)20(16)25-13-15)29-22(30-5)21(28)27-23(3,4)19-9-7-8-14(2)26-19/h1,7-13,22H,2-5H3,(H,27,28). The monoisotopic (exact) mass is 423 g/mol. The Morgan fingerprint density at radius 1 is 1.33 bits per heavy atom. The van der Waals surface area contributed by atoms with E-state index in [1.807, 2.05) is 39.0 Å². The van der Waals surface area contributed by atoms with E-state index >= 15 is 0 Å². The average molecular weight is 424 g/mol. The minimum atomic E-state index is -0.880. The Balaban J connectivity index is 1.82. The summed E-state index contributed by atoms with van der Waals surface area (Å²) in [6.45, 7) is 5.63. The van der Waals surface area contributed by atoms with Crippen LogP contribution in [0.1, 0.15) is 30.8 Å². The number of carbonyl (C=O) groups is 1. The summed E-state index contributed by atoms with van der Waals surface area (Å²) in [5.41, 5.74) is 0.735. The summed E-state index contributed by atoms with van der Waals surface area (Å²) in [4.78, 5) is 21.4. The molecule has 0 aliphatic rings. The number of benzene rings is 1. The summed E-state index contributed by atoms with van der Waals surface area (Å²) < 4.78 is 20.3. The van der Waals surface area contributed by atoms with Gasteiger partial charge in [-0.15, -0.1) is 18.2 Å². The van der Waals surface area contributed by atoms with Gasteiger partial charge >= 0.3 is 0 Å².